The lowest BCUT2D eigenvalue weighted by molar-refractivity contribution is 0.107. The molecular formula is C6H4Cl2N2O. The third-order valence-corrected chi connectivity index (χ3v) is 1.46. The molecule has 1 rings (SSSR count). The molecule has 1 aromatic rings. The number of nitrogen functional groups attached to an aromatic ring is 1. The van der Waals surface area contributed by atoms with Gasteiger partial charge in [-0.15, -0.1) is 0 Å². The first-order valence-corrected chi connectivity index (χ1v) is 3.47. The molecule has 0 atom stereocenters. The molecule has 0 aliphatic heterocycles. The number of halogens is 2. The highest BCUT2D eigenvalue weighted by molar-refractivity contribution is 6.68. The van der Waals surface area contributed by atoms with Gasteiger partial charge in [0.2, 0.25) is 0 Å². The van der Waals surface area contributed by atoms with Crippen molar-refractivity contribution in [3.05, 3.63) is 23.0 Å². The molecule has 1 aromatic heterocycles. The fourth-order valence-corrected chi connectivity index (χ4v) is 0.943. The Hall–Kier alpha value is -0.800. The number of nitrogens with two attached hydrogens (primary N) is 1. The molecule has 0 unspecified atom stereocenters. The number of rotatable bonds is 1. The molecule has 0 spiro atoms. The maximum atomic E-state index is 10.6. The van der Waals surface area contributed by atoms with Gasteiger partial charge in [0.15, 0.2) is 0 Å². The normalized spacial score (nSPS) is 9.64. The van der Waals surface area contributed by atoms with E-state index in [9.17, 15) is 4.79 Å². The molecule has 0 fully saturated rings. The molecule has 0 aromatic carbocycles. The molecule has 0 bridgehead atoms. The van der Waals surface area contributed by atoms with Gasteiger partial charge in [-0.05, 0) is 17.7 Å². The van der Waals surface area contributed by atoms with Crippen LogP contribution in [0.25, 0.3) is 0 Å². The second-order valence-corrected chi connectivity index (χ2v) is 2.64. The van der Waals surface area contributed by atoms with Crippen LogP contribution in [0.4, 0.5) is 5.69 Å². The molecule has 0 radical (unpaired) electrons. The SMILES string of the molecule is Nc1cc(Cl)cnc1C(=O)Cl. The minimum atomic E-state index is -0.681. The fraction of sp³-hybridized carbons (Fsp3) is 0. The van der Waals surface area contributed by atoms with Crippen LogP contribution in [-0.2, 0) is 0 Å². The van der Waals surface area contributed by atoms with Gasteiger partial charge >= 0.3 is 0 Å². The summed E-state index contributed by atoms with van der Waals surface area (Å²) in [7, 11) is 0. The minimum absolute atomic E-state index is 0.0380. The Morgan fingerprint density at radius 1 is 1.64 bits per heavy atom. The van der Waals surface area contributed by atoms with Gasteiger partial charge in [-0.2, -0.15) is 0 Å². The van der Waals surface area contributed by atoms with Crippen LogP contribution in [0, 0.1) is 0 Å². The lowest BCUT2D eigenvalue weighted by Gasteiger charge is -1.97. The monoisotopic (exact) mass is 190 g/mol. The zero-order valence-corrected chi connectivity index (χ0v) is 6.86. The van der Waals surface area contributed by atoms with E-state index in [2.05, 4.69) is 4.98 Å². The number of carbonyl (C=O) groups excluding carboxylic acids is 1. The van der Waals surface area contributed by atoms with Crippen molar-refractivity contribution < 1.29 is 4.79 Å². The summed E-state index contributed by atoms with van der Waals surface area (Å²) in [5.74, 6) is 0. The second-order valence-electron chi connectivity index (χ2n) is 1.87. The summed E-state index contributed by atoms with van der Waals surface area (Å²) in [5.41, 5.74) is 5.60. The quantitative estimate of drug-likeness (QED) is 0.687. The van der Waals surface area contributed by atoms with Gasteiger partial charge in [0.05, 0.1) is 10.7 Å². The highest BCUT2D eigenvalue weighted by Gasteiger charge is 2.07. The van der Waals surface area contributed by atoms with E-state index < -0.39 is 5.24 Å². The molecule has 0 amide bonds. The zero-order chi connectivity index (χ0) is 8.43. The first kappa shape index (κ1) is 8.30. The van der Waals surface area contributed by atoms with Crippen molar-refractivity contribution in [2.24, 2.45) is 0 Å². The van der Waals surface area contributed by atoms with E-state index in [-0.39, 0.29) is 11.4 Å². The number of anilines is 1. The number of pyridine rings is 1. The standard InChI is InChI=1S/C6H4Cl2N2O/c7-3-1-4(9)5(6(8)11)10-2-3/h1-2H,9H2. The van der Waals surface area contributed by atoms with Gasteiger partial charge in [-0.3, -0.25) is 4.79 Å². The average Bonchev–Trinajstić information content (AvgIpc) is 1.85. The Labute approximate surface area is 73.1 Å². The molecule has 0 saturated heterocycles. The van der Waals surface area contributed by atoms with Gasteiger partial charge < -0.3 is 5.73 Å². The van der Waals surface area contributed by atoms with Crippen molar-refractivity contribution in [3.63, 3.8) is 0 Å². The highest BCUT2D eigenvalue weighted by atomic mass is 35.5. The predicted octanol–water partition coefficient (Wildman–Crippen LogP) is 1.70. The Morgan fingerprint density at radius 3 is 2.73 bits per heavy atom. The van der Waals surface area contributed by atoms with E-state index >= 15 is 0 Å². The highest BCUT2D eigenvalue weighted by Crippen LogP contribution is 2.16. The summed E-state index contributed by atoms with van der Waals surface area (Å²) < 4.78 is 0. The first-order valence-electron chi connectivity index (χ1n) is 2.72. The summed E-state index contributed by atoms with van der Waals surface area (Å²) in [6, 6.07) is 1.42. The van der Waals surface area contributed by atoms with Crippen LogP contribution in [0.3, 0.4) is 0 Å². The van der Waals surface area contributed by atoms with Crippen molar-refractivity contribution in [2.75, 3.05) is 5.73 Å². The number of hydrogen-bond acceptors (Lipinski definition) is 3. The lowest BCUT2D eigenvalue weighted by Crippen LogP contribution is -2.00. The van der Waals surface area contributed by atoms with Gasteiger partial charge in [0.25, 0.3) is 5.24 Å². The zero-order valence-electron chi connectivity index (χ0n) is 5.34. The lowest BCUT2D eigenvalue weighted by atomic mass is 10.3. The van der Waals surface area contributed by atoms with Crippen LogP contribution < -0.4 is 5.73 Å². The first-order chi connectivity index (χ1) is 5.11. The van der Waals surface area contributed by atoms with Crippen LogP contribution in [0.15, 0.2) is 12.3 Å². The third kappa shape index (κ3) is 1.82. The molecule has 0 saturated carbocycles. The summed E-state index contributed by atoms with van der Waals surface area (Å²) in [6.45, 7) is 0. The molecule has 1 heterocycles. The molecule has 3 nitrogen and oxygen atoms in total. The van der Waals surface area contributed by atoms with Crippen molar-refractivity contribution >= 4 is 34.1 Å². The smallest absolute Gasteiger partial charge is 0.272 e. The largest absolute Gasteiger partial charge is 0.397 e. The fourth-order valence-electron chi connectivity index (χ4n) is 0.619. The van der Waals surface area contributed by atoms with Crippen LogP contribution in [0.5, 0.6) is 0 Å². The van der Waals surface area contributed by atoms with E-state index in [1.165, 1.54) is 12.3 Å². The number of nitrogens with zero attached hydrogens (tertiary/aromatic N) is 1. The number of aromatic nitrogens is 1. The Bertz CT molecular complexity index is 301. The maximum absolute atomic E-state index is 10.6. The van der Waals surface area contributed by atoms with Gasteiger partial charge in [-0.1, -0.05) is 11.6 Å². The molecule has 5 heteroatoms. The van der Waals surface area contributed by atoms with Crippen molar-refractivity contribution in [2.45, 2.75) is 0 Å². The van der Waals surface area contributed by atoms with E-state index in [1.54, 1.807) is 0 Å². The van der Waals surface area contributed by atoms with Crippen LogP contribution in [-0.4, -0.2) is 10.2 Å². The summed E-state index contributed by atoms with van der Waals surface area (Å²) >= 11 is 10.7. The molecule has 58 valence electrons. The predicted molar refractivity (Wildman–Crippen MR) is 43.8 cm³/mol. The van der Waals surface area contributed by atoms with Gasteiger partial charge in [0.1, 0.15) is 5.69 Å². The summed E-state index contributed by atoms with van der Waals surface area (Å²) in [4.78, 5) is 14.2. The molecule has 0 aliphatic carbocycles. The van der Waals surface area contributed by atoms with E-state index in [1.807, 2.05) is 0 Å². The molecule has 2 N–H and O–H groups in total. The molecule has 0 aliphatic rings. The van der Waals surface area contributed by atoms with Crippen LogP contribution in [0.2, 0.25) is 5.02 Å². The van der Waals surface area contributed by atoms with Crippen LogP contribution in [0.1, 0.15) is 10.5 Å². The third-order valence-electron chi connectivity index (χ3n) is 1.07. The summed E-state index contributed by atoms with van der Waals surface area (Å²) in [5, 5.41) is -0.302. The Morgan fingerprint density at radius 2 is 2.27 bits per heavy atom. The van der Waals surface area contributed by atoms with E-state index in [0.717, 1.165) is 0 Å². The van der Waals surface area contributed by atoms with E-state index in [4.69, 9.17) is 28.9 Å². The van der Waals surface area contributed by atoms with Crippen LogP contribution >= 0.6 is 23.2 Å². The number of hydrogen-bond donors (Lipinski definition) is 1. The molecule has 11 heavy (non-hydrogen) atoms. The summed E-state index contributed by atoms with van der Waals surface area (Å²) in [6.07, 6.45) is 1.31. The second kappa shape index (κ2) is 3.07. The average molecular weight is 191 g/mol. The molecular weight excluding hydrogens is 187 g/mol. The van der Waals surface area contributed by atoms with Gasteiger partial charge in [-0.25, -0.2) is 4.98 Å². The Balaban J connectivity index is 3.20. The minimum Gasteiger partial charge on any atom is -0.397 e. The van der Waals surface area contributed by atoms with E-state index in [0.29, 0.717) is 5.02 Å². The maximum Gasteiger partial charge on any atom is 0.272 e. The Kier molecular flexibility index (Phi) is 2.31. The van der Waals surface area contributed by atoms with Crippen molar-refractivity contribution in [1.82, 2.24) is 4.98 Å². The van der Waals surface area contributed by atoms with Crippen molar-refractivity contribution in [1.29, 1.82) is 0 Å². The van der Waals surface area contributed by atoms with Gasteiger partial charge in [0, 0.05) is 6.20 Å². The van der Waals surface area contributed by atoms with Crippen molar-refractivity contribution in [3.8, 4) is 0 Å². The number of carbonyl (C=O) groups is 1. The topological polar surface area (TPSA) is 56.0 Å².